The molecule has 0 spiro atoms. The number of carbonyl (C=O) groups excluding carboxylic acids is 1. The van der Waals surface area contributed by atoms with Crippen molar-refractivity contribution in [2.75, 3.05) is 32.7 Å². The van der Waals surface area contributed by atoms with E-state index in [1.165, 1.54) is 4.31 Å². The van der Waals surface area contributed by atoms with Crippen LogP contribution in [0.1, 0.15) is 49.7 Å². The molecule has 0 radical (unpaired) electrons. The second kappa shape index (κ2) is 9.37. The van der Waals surface area contributed by atoms with Crippen molar-refractivity contribution < 1.29 is 13.2 Å². The van der Waals surface area contributed by atoms with Gasteiger partial charge in [-0.05, 0) is 49.9 Å². The number of benzene rings is 1. The average Bonchev–Trinajstić information content (AvgIpc) is 2.97. The lowest BCUT2D eigenvalue weighted by Gasteiger charge is -2.33. The van der Waals surface area contributed by atoms with Crippen LogP contribution in [-0.4, -0.2) is 62.3 Å². The van der Waals surface area contributed by atoms with Crippen molar-refractivity contribution in [3.05, 3.63) is 29.3 Å². The number of sulfonamides is 1. The van der Waals surface area contributed by atoms with Crippen molar-refractivity contribution >= 4 is 15.9 Å². The molecule has 1 aromatic carbocycles. The molecule has 1 saturated carbocycles. The predicted octanol–water partition coefficient (Wildman–Crippen LogP) is 2.45. The first-order valence-corrected chi connectivity index (χ1v) is 11.9. The van der Waals surface area contributed by atoms with Gasteiger partial charge in [0.05, 0.1) is 11.4 Å². The van der Waals surface area contributed by atoms with E-state index in [0.29, 0.717) is 18.0 Å². The third kappa shape index (κ3) is 4.93. The van der Waals surface area contributed by atoms with Gasteiger partial charge in [0.25, 0.3) is 0 Å². The van der Waals surface area contributed by atoms with Crippen molar-refractivity contribution in [2.24, 2.45) is 0 Å². The molecule has 1 aliphatic heterocycles. The fraction of sp³-hybridized carbons (Fsp3) is 0.667. The molecule has 1 N–H and O–H groups in total. The molecule has 6 nitrogen and oxygen atoms in total. The van der Waals surface area contributed by atoms with Crippen LogP contribution in [0.5, 0.6) is 0 Å². The van der Waals surface area contributed by atoms with Crippen molar-refractivity contribution in [1.29, 1.82) is 0 Å². The summed E-state index contributed by atoms with van der Waals surface area (Å²) >= 11 is 0. The molecule has 3 rings (SSSR count). The second-order valence-corrected chi connectivity index (χ2v) is 9.96. The summed E-state index contributed by atoms with van der Waals surface area (Å²) in [7, 11) is -3.72. The molecule has 1 aromatic rings. The SMILES string of the molecule is Cc1ccc(S(=O)(=O)N(CC(=O)N2CCNCC2)C2CCCCCC2)cc1C. The molecule has 28 heavy (non-hydrogen) atoms. The molecule has 1 amide bonds. The highest BCUT2D eigenvalue weighted by molar-refractivity contribution is 7.89. The van der Waals surface area contributed by atoms with Crippen LogP contribution in [0.25, 0.3) is 0 Å². The third-order valence-corrected chi connectivity index (χ3v) is 7.97. The van der Waals surface area contributed by atoms with E-state index in [2.05, 4.69) is 5.32 Å². The van der Waals surface area contributed by atoms with E-state index in [9.17, 15) is 13.2 Å². The van der Waals surface area contributed by atoms with Gasteiger partial charge >= 0.3 is 0 Å². The van der Waals surface area contributed by atoms with E-state index in [4.69, 9.17) is 0 Å². The van der Waals surface area contributed by atoms with Gasteiger partial charge in [0.1, 0.15) is 0 Å². The molecule has 0 unspecified atom stereocenters. The highest BCUT2D eigenvalue weighted by atomic mass is 32.2. The maximum atomic E-state index is 13.6. The van der Waals surface area contributed by atoms with Crippen molar-refractivity contribution in [3.63, 3.8) is 0 Å². The Morgan fingerprint density at radius 1 is 1.07 bits per heavy atom. The summed E-state index contributed by atoms with van der Waals surface area (Å²) in [6.45, 7) is 6.65. The highest BCUT2D eigenvalue weighted by Gasteiger charge is 2.34. The number of hydrogen-bond acceptors (Lipinski definition) is 4. The smallest absolute Gasteiger partial charge is 0.243 e. The monoisotopic (exact) mass is 407 g/mol. The minimum absolute atomic E-state index is 0.0556. The summed E-state index contributed by atoms with van der Waals surface area (Å²) in [5.74, 6) is -0.0850. The van der Waals surface area contributed by atoms with Crippen LogP contribution >= 0.6 is 0 Å². The molecular weight excluding hydrogens is 374 g/mol. The standard InChI is InChI=1S/C21H33N3O3S/c1-17-9-10-20(15-18(17)2)28(26,27)24(19-7-5-3-4-6-8-19)16-21(25)23-13-11-22-12-14-23/h9-10,15,19,22H,3-8,11-14,16H2,1-2H3. The zero-order valence-electron chi connectivity index (χ0n) is 17.1. The minimum Gasteiger partial charge on any atom is -0.339 e. The van der Waals surface area contributed by atoms with Crippen LogP contribution < -0.4 is 5.32 Å². The van der Waals surface area contributed by atoms with Crippen LogP contribution in [-0.2, 0) is 14.8 Å². The number of aryl methyl sites for hydroxylation is 2. The molecule has 1 saturated heterocycles. The Labute approximate surface area is 169 Å². The topological polar surface area (TPSA) is 69.7 Å². The minimum atomic E-state index is -3.72. The maximum Gasteiger partial charge on any atom is 0.243 e. The van der Waals surface area contributed by atoms with Gasteiger partial charge in [-0.2, -0.15) is 4.31 Å². The Kier molecular flexibility index (Phi) is 7.12. The molecule has 2 fully saturated rings. The van der Waals surface area contributed by atoms with Crippen molar-refractivity contribution in [3.8, 4) is 0 Å². The van der Waals surface area contributed by atoms with Gasteiger partial charge in [-0.3, -0.25) is 4.79 Å². The first-order valence-electron chi connectivity index (χ1n) is 10.5. The summed E-state index contributed by atoms with van der Waals surface area (Å²) in [6, 6.07) is 5.17. The molecule has 1 aliphatic carbocycles. The Morgan fingerprint density at radius 2 is 1.71 bits per heavy atom. The van der Waals surface area contributed by atoms with Gasteiger partial charge in [-0.25, -0.2) is 8.42 Å². The first kappa shape index (κ1) is 21.3. The number of hydrogen-bond donors (Lipinski definition) is 1. The van der Waals surface area contributed by atoms with Gasteiger partial charge < -0.3 is 10.2 Å². The summed E-state index contributed by atoms with van der Waals surface area (Å²) in [6.07, 6.45) is 5.98. The van der Waals surface area contributed by atoms with E-state index in [0.717, 1.165) is 62.7 Å². The lowest BCUT2D eigenvalue weighted by molar-refractivity contribution is -0.132. The number of amides is 1. The largest absolute Gasteiger partial charge is 0.339 e. The van der Waals surface area contributed by atoms with Crippen molar-refractivity contribution in [2.45, 2.75) is 63.3 Å². The van der Waals surface area contributed by atoms with E-state index in [1.54, 1.807) is 17.0 Å². The lowest BCUT2D eigenvalue weighted by atomic mass is 10.1. The Bertz CT molecular complexity index is 780. The molecule has 0 bridgehead atoms. The summed E-state index contributed by atoms with van der Waals surface area (Å²) in [5.41, 5.74) is 2.02. The molecular formula is C21H33N3O3S. The highest BCUT2D eigenvalue weighted by Crippen LogP contribution is 2.28. The summed E-state index contributed by atoms with van der Waals surface area (Å²) in [5, 5.41) is 3.24. The van der Waals surface area contributed by atoms with Gasteiger partial charge in [0.2, 0.25) is 15.9 Å². The van der Waals surface area contributed by atoms with Gasteiger partial charge in [0.15, 0.2) is 0 Å². The van der Waals surface area contributed by atoms with Gasteiger partial charge in [0, 0.05) is 32.2 Å². The quantitative estimate of drug-likeness (QED) is 0.761. The van der Waals surface area contributed by atoms with E-state index in [-0.39, 0.29) is 18.5 Å². The Morgan fingerprint density at radius 3 is 2.32 bits per heavy atom. The number of rotatable bonds is 5. The van der Waals surface area contributed by atoms with Crippen LogP contribution in [0.15, 0.2) is 23.1 Å². The number of nitrogens with one attached hydrogen (secondary N) is 1. The zero-order valence-corrected chi connectivity index (χ0v) is 17.9. The second-order valence-electron chi connectivity index (χ2n) is 8.07. The number of piperazine rings is 1. The van der Waals surface area contributed by atoms with Crippen molar-refractivity contribution in [1.82, 2.24) is 14.5 Å². The van der Waals surface area contributed by atoms with Crippen LogP contribution in [0.2, 0.25) is 0 Å². The van der Waals surface area contributed by atoms with Gasteiger partial charge in [-0.15, -0.1) is 0 Å². The molecule has 0 aromatic heterocycles. The summed E-state index contributed by atoms with van der Waals surface area (Å²) in [4.78, 5) is 15.0. The Hall–Kier alpha value is -1.44. The molecule has 2 aliphatic rings. The predicted molar refractivity (Wildman–Crippen MR) is 111 cm³/mol. The average molecular weight is 408 g/mol. The van der Waals surface area contributed by atoms with E-state index >= 15 is 0 Å². The van der Waals surface area contributed by atoms with E-state index in [1.807, 2.05) is 19.9 Å². The fourth-order valence-electron chi connectivity index (χ4n) is 4.11. The van der Waals surface area contributed by atoms with Gasteiger partial charge in [-0.1, -0.05) is 31.7 Å². The first-order chi connectivity index (χ1) is 13.4. The molecule has 0 atom stereocenters. The third-order valence-electron chi connectivity index (χ3n) is 6.08. The zero-order chi connectivity index (χ0) is 20.1. The molecule has 7 heteroatoms. The lowest BCUT2D eigenvalue weighted by Crippen LogP contribution is -2.52. The maximum absolute atomic E-state index is 13.6. The van der Waals surface area contributed by atoms with Crippen LogP contribution in [0, 0.1) is 13.8 Å². The number of nitrogens with zero attached hydrogens (tertiary/aromatic N) is 2. The Balaban J connectivity index is 1.89. The summed E-state index contributed by atoms with van der Waals surface area (Å²) < 4.78 is 28.6. The normalized spacial score (nSPS) is 19.6. The van der Waals surface area contributed by atoms with Crippen LogP contribution in [0.3, 0.4) is 0 Å². The van der Waals surface area contributed by atoms with Crippen LogP contribution in [0.4, 0.5) is 0 Å². The number of carbonyl (C=O) groups is 1. The molecule has 156 valence electrons. The van der Waals surface area contributed by atoms with E-state index < -0.39 is 10.0 Å². The fourth-order valence-corrected chi connectivity index (χ4v) is 5.83. The molecule has 1 heterocycles.